The van der Waals surface area contributed by atoms with Gasteiger partial charge in [0.2, 0.25) is 0 Å². The molecule has 0 aromatic carbocycles. The third-order valence-corrected chi connectivity index (χ3v) is 0. The molecule has 4 heavy (non-hydrogen) atoms. The Kier molecular flexibility index (Phi) is 1.45. The first kappa shape index (κ1) is 4.09. The van der Waals surface area contributed by atoms with Crippen LogP contribution in [-0.2, 0) is 10.1 Å². The SMILES string of the molecule is C=[S-](=C)C. The van der Waals surface area contributed by atoms with E-state index >= 15 is 0 Å². The molecule has 0 saturated carbocycles. The molecule has 0 aromatic rings. The van der Waals surface area contributed by atoms with Crippen LogP contribution < -0.4 is 0 Å². The third-order valence-electron chi connectivity index (χ3n) is 0. The van der Waals surface area contributed by atoms with Crippen LogP contribution >= 0.6 is 0 Å². The molecule has 0 saturated heterocycles. The zero-order chi connectivity index (χ0) is 3.58. The molecule has 0 unspecified atom stereocenters. The molecule has 0 N–H and O–H groups in total. The molecule has 0 heterocycles. The number of hydrogen-bond donors (Lipinski definition) is 0. The quantitative estimate of drug-likeness (QED) is 0.283. The van der Waals surface area contributed by atoms with Crippen molar-refractivity contribution in [3.8, 4) is 0 Å². The van der Waals surface area contributed by atoms with E-state index in [0.717, 1.165) is 0 Å². The minimum absolute atomic E-state index is 0.139. The van der Waals surface area contributed by atoms with Gasteiger partial charge >= 0.3 is 0 Å². The van der Waals surface area contributed by atoms with E-state index in [4.69, 9.17) is 0 Å². The summed E-state index contributed by atoms with van der Waals surface area (Å²) >= 11 is 0. The van der Waals surface area contributed by atoms with Crippen molar-refractivity contribution in [2.75, 3.05) is 6.26 Å². The Labute approximate surface area is 29.0 Å². The molecule has 0 amide bonds. The lowest BCUT2D eigenvalue weighted by molar-refractivity contribution is 2.53. The molecule has 1 heteroatoms. The van der Waals surface area contributed by atoms with Crippen molar-refractivity contribution in [2.24, 2.45) is 0 Å². The van der Waals surface area contributed by atoms with Gasteiger partial charge in [0.1, 0.15) is 0 Å². The Morgan fingerprint density at radius 2 is 1.50 bits per heavy atom. The van der Waals surface area contributed by atoms with Crippen LogP contribution in [0.2, 0.25) is 0 Å². The maximum absolute atomic E-state index is 3.56. The summed E-state index contributed by atoms with van der Waals surface area (Å²) in [6.45, 7) is 0. The highest BCUT2D eigenvalue weighted by Crippen LogP contribution is 1.30. The van der Waals surface area contributed by atoms with Crippen molar-refractivity contribution in [1.29, 1.82) is 0 Å². The van der Waals surface area contributed by atoms with E-state index in [-0.39, 0.29) is 10.1 Å². The van der Waals surface area contributed by atoms with Crippen LogP contribution in [0.4, 0.5) is 0 Å². The highest BCUT2D eigenvalue weighted by molar-refractivity contribution is 7.90. The second-order valence-corrected chi connectivity index (χ2v) is 2.34. The fourth-order valence-electron chi connectivity index (χ4n) is 0. The zero-order valence-corrected chi connectivity index (χ0v) is 3.64. The molecule has 0 aliphatic rings. The van der Waals surface area contributed by atoms with E-state index in [9.17, 15) is 0 Å². The smallest absolute Gasteiger partial charge is 0.148 e. The Balaban J connectivity index is 3.51. The molecule has 0 atom stereocenters. The van der Waals surface area contributed by atoms with Gasteiger partial charge < -0.3 is 10.1 Å². The third kappa shape index (κ3) is 307. The van der Waals surface area contributed by atoms with Crippen LogP contribution in [0.1, 0.15) is 0 Å². The molecule has 0 nitrogen and oxygen atoms in total. The Morgan fingerprint density at radius 1 is 1.50 bits per heavy atom. The lowest BCUT2D eigenvalue weighted by atomic mass is 11.9. The lowest BCUT2D eigenvalue weighted by Crippen LogP contribution is -1.54. The molecular weight excluding hydrogens is 68.1 g/mol. The monoisotopic (exact) mass is 75.0 g/mol. The Hall–Kier alpha value is 0.0900. The predicted octanol–water partition coefficient (Wildman–Crippen LogP) is 0.0985. The van der Waals surface area contributed by atoms with Gasteiger partial charge in [-0.25, -0.2) is 11.7 Å². The molecule has 0 radical (unpaired) electrons. The summed E-state index contributed by atoms with van der Waals surface area (Å²) in [7, 11) is 0.139. The zero-order valence-electron chi connectivity index (χ0n) is 2.82. The van der Waals surface area contributed by atoms with Gasteiger partial charge in [0.25, 0.3) is 0 Å². The van der Waals surface area contributed by atoms with Crippen LogP contribution in [0.15, 0.2) is 0 Å². The van der Waals surface area contributed by atoms with Crippen LogP contribution in [0.5, 0.6) is 0 Å². The number of hydrogen-bond acceptors (Lipinski definition) is 1. The Morgan fingerprint density at radius 3 is 1.50 bits per heavy atom. The van der Waals surface area contributed by atoms with Gasteiger partial charge in [0.05, 0.1) is 0 Å². The molecule has 0 aliphatic carbocycles. The maximum Gasteiger partial charge on any atom is -0.148 e. The summed E-state index contributed by atoms with van der Waals surface area (Å²) in [5.41, 5.74) is 0. The van der Waals surface area contributed by atoms with Crippen LogP contribution in [-0.4, -0.2) is 18.0 Å². The van der Waals surface area contributed by atoms with Crippen molar-refractivity contribution in [2.45, 2.75) is 0 Å². The van der Waals surface area contributed by atoms with Gasteiger partial charge in [-0.3, -0.25) is 0 Å². The van der Waals surface area contributed by atoms with E-state index < -0.39 is 0 Å². The topological polar surface area (TPSA) is 0 Å². The summed E-state index contributed by atoms with van der Waals surface area (Å²) in [4.78, 5) is 0. The summed E-state index contributed by atoms with van der Waals surface area (Å²) in [6, 6.07) is 0. The molecule has 0 aromatic heterocycles. The molecule has 0 bridgehead atoms. The minimum atomic E-state index is 0.139. The van der Waals surface area contributed by atoms with Crippen molar-refractivity contribution < 1.29 is 0 Å². The van der Waals surface area contributed by atoms with Gasteiger partial charge in [-0.1, -0.05) is 0 Å². The fraction of sp³-hybridized carbons (Fsp3) is 0.333. The molecule has 0 spiro atoms. The largest absolute Gasteiger partial charge is 0.488 e. The molecule has 26 valence electrons. The average molecular weight is 75.2 g/mol. The summed E-state index contributed by atoms with van der Waals surface area (Å²) < 4.78 is 0. The normalized spacial score (nSPS) is 8.50. The summed E-state index contributed by atoms with van der Waals surface area (Å²) in [5.74, 6) is 7.11. The minimum Gasteiger partial charge on any atom is -0.488 e. The van der Waals surface area contributed by atoms with Gasteiger partial charge in [-0.05, 0) is 0 Å². The second-order valence-electron chi connectivity index (χ2n) is 0.781. The van der Waals surface area contributed by atoms with E-state index in [1.54, 1.807) is 0 Å². The van der Waals surface area contributed by atoms with Gasteiger partial charge in [0.15, 0.2) is 0 Å². The van der Waals surface area contributed by atoms with Crippen LogP contribution in [0, 0.1) is 0 Å². The van der Waals surface area contributed by atoms with Gasteiger partial charge in [0, 0.05) is 0 Å². The van der Waals surface area contributed by atoms with Crippen molar-refractivity contribution in [3.05, 3.63) is 0 Å². The predicted molar refractivity (Wildman–Crippen MR) is 27.5 cm³/mol. The first-order valence-corrected chi connectivity index (χ1v) is 2.96. The van der Waals surface area contributed by atoms with E-state index in [0.29, 0.717) is 0 Å². The fourth-order valence-corrected chi connectivity index (χ4v) is 0. The van der Waals surface area contributed by atoms with Gasteiger partial charge in [-0.2, -0.15) is 0 Å². The second kappa shape index (κ2) is 1.41. The van der Waals surface area contributed by atoms with Crippen LogP contribution in [0.25, 0.3) is 0 Å². The average Bonchev–Trinajstić information content (AvgIpc) is 0.811. The lowest BCUT2D eigenvalue weighted by Gasteiger charge is -1.76. The van der Waals surface area contributed by atoms with E-state index in [2.05, 4.69) is 11.7 Å². The van der Waals surface area contributed by atoms with Crippen molar-refractivity contribution >= 4 is 21.8 Å². The van der Waals surface area contributed by atoms with E-state index in [1.165, 1.54) is 0 Å². The first-order valence-electron chi connectivity index (χ1n) is 0.986. The molecule has 0 fully saturated rings. The van der Waals surface area contributed by atoms with Crippen LogP contribution in [0.3, 0.4) is 0 Å². The summed E-state index contributed by atoms with van der Waals surface area (Å²) in [6.07, 6.45) is 1.97. The standard InChI is InChI=1S/C3H7S/c1-4(2)3/h1-2H2,3H3/q-1. The van der Waals surface area contributed by atoms with Gasteiger partial charge in [-0.15, -0.1) is 6.26 Å². The van der Waals surface area contributed by atoms with Crippen molar-refractivity contribution in [3.63, 3.8) is 0 Å². The molecule has 0 rings (SSSR count). The molecule has 0 aliphatic heterocycles. The van der Waals surface area contributed by atoms with E-state index in [1.807, 2.05) is 6.26 Å². The highest BCUT2D eigenvalue weighted by atomic mass is 32.2. The Bertz CT molecular complexity index is 51.7. The van der Waals surface area contributed by atoms with Crippen molar-refractivity contribution in [1.82, 2.24) is 0 Å². The highest BCUT2D eigenvalue weighted by Gasteiger charge is 1.09. The maximum atomic E-state index is 3.56. The summed E-state index contributed by atoms with van der Waals surface area (Å²) in [5, 5.41) is 0. The number of rotatable bonds is 0. The molecular formula is C3H7S-. The first-order chi connectivity index (χ1) is 1.73.